The summed E-state index contributed by atoms with van der Waals surface area (Å²) in [7, 11) is 0. The van der Waals surface area contributed by atoms with Crippen LogP contribution in [-0.4, -0.2) is 42.1 Å². The summed E-state index contributed by atoms with van der Waals surface area (Å²) in [5.74, 6) is 0.290. The number of anilines is 4. The number of nitrogens with one attached hydrogen (secondary N) is 3. The molecule has 2 heterocycles. The molecule has 3 N–H and O–H groups in total. The molecule has 1 saturated heterocycles. The molecule has 1 aliphatic heterocycles. The fraction of sp³-hybridized carbons (Fsp3) is 0.148. The van der Waals surface area contributed by atoms with Crippen LogP contribution in [0, 0.1) is 0 Å². The monoisotopic (exact) mass is 450 g/mol. The molecule has 0 bridgehead atoms. The SMILES string of the molecule is C=CC(=O)Nc1cccc(-c2cccc3cnc(Nc4ccc(N5CCNCC5)cc4)nc23)c1. The Balaban J connectivity index is 1.41. The van der Waals surface area contributed by atoms with E-state index >= 15 is 0 Å². The number of piperazine rings is 1. The lowest BCUT2D eigenvalue weighted by atomic mass is 10.0. The van der Waals surface area contributed by atoms with E-state index in [1.165, 1.54) is 11.8 Å². The molecule has 0 aliphatic carbocycles. The third kappa shape index (κ3) is 4.74. The minimum Gasteiger partial charge on any atom is -0.369 e. The van der Waals surface area contributed by atoms with Crippen LogP contribution in [0.1, 0.15) is 0 Å². The van der Waals surface area contributed by atoms with Gasteiger partial charge in [-0.3, -0.25) is 4.79 Å². The van der Waals surface area contributed by atoms with E-state index in [0.717, 1.165) is 53.9 Å². The highest BCUT2D eigenvalue weighted by Crippen LogP contribution is 2.30. The molecule has 0 spiro atoms. The molecule has 0 radical (unpaired) electrons. The highest BCUT2D eigenvalue weighted by Gasteiger charge is 2.11. The van der Waals surface area contributed by atoms with Gasteiger partial charge < -0.3 is 20.9 Å². The summed E-state index contributed by atoms with van der Waals surface area (Å²) in [6.45, 7) is 7.56. The van der Waals surface area contributed by atoms with Gasteiger partial charge in [0.05, 0.1) is 5.52 Å². The first-order chi connectivity index (χ1) is 16.7. The van der Waals surface area contributed by atoms with E-state index < -0.39 is 0 Å². The van der Waals surface area contributed by atoms with Gasteiger partial charge >= 0.3 is 0 Å². The maximum Gasteiger partial charge on any atom is 0.247 e. The Kier molecular flexibility index (Phi) is 6.18. The maximum absolute atomic E-state index is 11.7. The molecule has 0 saturated carbocycles. The Morgan fingerprint density at radius 3 is 2.59 bits per heavy atom. The largest absolute Gasteiger partial charge is 0.369 e. The molecule has 7 heteroatoms. The molecule has 34 heavy (non-hydrogen) atoms. The standard InChI is InChI=1S/C27H26N6O/c1-2-25(34)30-22-7-3-5-19(17-22)24-8-4-6-20-18-29-27(32-26(20)24)31-21-9-11-23(12-10-21)33-15-13-28-14-16-33/h2-12,17-18,28H,1,13-16H2,(H,30,34)(H,29,31,32). The first kappa shape index (κ1) is 21.6. The zero-order valence-electron chi connectivity index (χ0n) is 18.8. The van der Waals surface area contributed by atoms with Crippen molar-refractivity contribution >= 4 is 39.8 Å². The van der Waals surface area contributed by atoms with Crippen molar-refractivity contribution in [2.75, 3.05) is 41.7 Å². The Morgan fingerprint density at radius 1 is 1.00 bits per heavy atom. The van der Waals surface area contributed by atoms with E-state index in [1.807, 2.05) is 48.7 Å². The lowest BCUT2D eigenvalue weighted by Crippen LogP contribution is -2.43. The van der Waals surface area contributed by atoms with E-state index in [9.17, 15) is 4.79 Å². The summed E-state index contributed by atoms with van der Waals surface area (Å²) in [5, 5.41) is 10.5. The molecule has 1 aromatic heterocycles. The molecule has 1 aliphatic rings. The van der Waals surface area contributed by atoms with E-state index in [0.29, 0.717) is 11.6 Å². The summed E-state index contributed by atoms with van der Waals surface area (Å²) in [5.41, 5.74) is 5.62. The number of carbonyl (C=O) groups is 1. The number of hydrogen-bond donors (Lipinski definition) is 3. The zero-order valence-corrected chi connectivity index (χ0v) is 18.8. The average molecular weight is 451 g/mol. The Labute approximate surface area is 198 Å². The molecular weight excluding hydrogens is 424 g/mol. The van der Waals surface area contributed by atoms with Crippen molar-refractivity contribution in [3.8, 4) is 11.1 Å². The van der Waals surface area contributed by atoms with Crippen LogP contribution in [0.4, 0.5) is 23.0 Å². The van der Waals surface area contributed by atoms with Crippen LogP contribution in [0.5, 0.6) is 0 Å². The van der Waals surface area contributed by atoms with Gasteiger partial charge in [-0.05, 0) is 48.0 Å². The number of para-hydroxylation sites is 1. The quantitative estimate of drug-likeness (QED) is 0.373. The first-order valence-electron chi connectivity index (χ1n) is 11.3. The van der Waals surface area contributed by atoms with Crippen molar-refractivity contribution in [3.63, 3.8) is 0 Å². The number of hydrogen-bond acceptors (Lipinski definition) is 6. The van der Waals surface area contributed by atoms with Crippen molar-refractivity contribution in [1.82, 2.24) is 15.3 Å². The molecule has 7 nitrogen and oxygen atoms in total. The minimum atomic E-state index is -0.244. The van der Waals surface area contributed by atoms with Gasteiger partial charge in [-0.15, -0.1) is 0 Å². The average Bonchev–Trinajstić information content (AvgIpc) is 2.89. The van der Waals surface area contributed by atoms with Gasteiger partial charge in [-0.25, -0.2) is 9.97 Å². The molecule has 4 aromatic rings. The molecule has 1 amide bonds. The lowest BCUT2D eigenvalue weighted by molar-refractivity contribution is -0.111. The van der Waals surface area contributed by atoms with Crippen LogP contribution >= 0.6 is 0 Å². The maximum atomic E-state index is 11.7. The topological polar surface area (TPSA) is 82.2 Å². The zero-order chi connectivity index (χ0) is 23.3. The van der Waals surface area contributed by atoms with Crippen LogP contribution in [0.2, 0.25) is 0 Å². The van der Waals surface area contributed by atoms with Crippen molar-refractivity contribution in [2.24, 2.45) is 0 Å². The predicted octanol–water partition coefficient (Wildman–Crippen LogP) is 4.57. The third-order valence-electron chi connectivity index (χ3n) is 5.84. The van der Waals surface area contributed by atoms with Crippen LogP contribution in [0.25, 0.3) is 22.0 Å². The fourth-order valence-corrected chi connectivity index (χ4v) is 4.11. The van der Waals surface area contributed by atoms with E-state index in [1.54, 1.807) is 0 Å². The normalized spacial score (nSPS) is 13.5. The summed E-state index contributed by atoms with van der Waals surface area (Å²) in [4.78, 5) is 23.4. The highest BCUT2D eigenvalue weighted by molar-refractivity contribution is 6.00. The van der Waals surface area contributed by atoms with Gasteiger partial charge in [0, 0.05) is 60.4 Å². The Hall–Kier alpha value is -4.23. The molecule has 1 fully saturated rings. The number of fused-ring (bicyclic) bond motifs is 1. The lowest BCUT2D eigenvalue weighted by Gasteiger charge is -2.29. The van der Waals surface area contributed by atoms with E-state index in [4.69, 9.17) is 4.98 Å². The summed E-state index contributed by atoms with van der Waals surface area (Å²) < 4.78 is 0. The number of aromatic nitrogens is 2. The van der Waals surface area contributed by atoms with Gasteiger partial charge in [0.2, 0.25) is 11.9 Å². The van der Waals surface area contributed by atoms with E-state index in [2.05, 4.69) is 56.7 Å². The molecule has 0 atom stereocenters. The smallest absolute Gasteiger partial charge is 0.247 e. The summed E-state index contributed by atoms with van der Waals surface area (Å²) in [6.07, 6.45) is 3.08. The van der Waals surface area contributed by atoms with Gasteiger partial charge in [0.15, 0.2) is 0 Å². The second kappa shape index (κ2) is 9.72. The fourth-order valence-electron chi connectivity index (χ4n) is 4.11. The molecule has 0 unspecified atom stereocenters. The minimum absolute atomic E-state index is 0.244. The Bertz CT molecular complexity index is 1330. The van der Waals surface area contributed by atoms with Crippen LogP contribution < -0.4 is 20.9 Å². The highest BCUT2D eigenvalue weighted by atomic mass is 16.1. The van der Waals surface area contributed by atoms with Gasteiger partial charge in [0.1, 0.15) is 0 Å². The number of benzene rings is 3. The molecular formula is C27H26N6O. The van der Waals surface area contributed by atoms with Crippen molar-refractivity contribution in [2.45, 2.75) is 0 Å². The summed E-state index contributed by atoms with van der Waals surface area (Å²) in [6, 6.07) is 22.1. The molecule has 5 rings (SSSR count). The van der Waals surface area contributed by atoms with Crippen LogP contribution in [0.15, 0.2) is 85.6 Å². The van der Waals surface area contributed by atoms with Gasteiger partial charge in [-0.1, -0.05) is 36.9 Å². The second-order valence-corrected chi connectivity index (χ2v) is 8.12. The molecule has 3 aromatic carbocycles. The Morgan fingerprint density at radius 2 is 1.79 bits per heavy atom. The van der Waals surface area contributed by atoms with Gasteiger partial charge in [-0.2, -0.15) is 0 Å². The number of rotatable bonds is 6. The van der Waals surface area contributed by atoms with Crippen LogP contribution in [-0.2, 0) is 4.79 Å². The first-order valence-corrected chi connectivity index (χ1v) is 11.3. The third-order valence-corrected chi connectivity index (χ3v) is 5.84. The van der Waals surface area contributed by atoms with Crippen molar-refractivity contribution < 1.29 is 4.79 Å². The van der Waals surface area contributed by atoms with Crippen molar-refractivity contribution in [3.05, 3.63) is 85.6 Å². The number of amides is 1. The van der Waals surface area contributed by atoms with Gasteiger partial charge in [0.25, 0.3) is 0 Å². The van der Waals surface area contributed by atoms with Crippen molar-refractivity contribution in [1.29, 1.82) is 0 Å². The number of nitrogens with zero attached hydrogens (tertiary/aromatic N) is 3. The summed E-state index contributed by atoms with van der Waals surface area (Å²) >= 11 is 0. The van der Waals surface area contributed by atoms with Crippen LogP contribution in [0.3, 0.4) is 0 Å². The molecule has 170 valence electrons. The van der Waals surface area contributed by atoms with E-state index in [-0.39, 0.29) is 5.91 Å². The number of carbonyl (C=O) groups excluding carboxylic acids is 1. The second-order valence-electron chi connectivity index (χ2n) is 8.12. The predicted molar refractivity (Wildman–Crippen MR) is 139 cm³/mol.